The molecule has 1 saturated heterocycles. The third-order valence-electron chi connectivity index (χ3n) is 4.50. The summed E-state index contributed by atoms with van der Waals surface area (Å²) in [5.74, 6) is 0. The molecular formula is C19H20N4O. The van der Waals surface area contributed by atoms with Crippen LogP contribution < -0.4 is 10.5 Å². The fourth-order valence-electron chi connectivity index (χ4n) is 3.22. The molecule has 1 aliphatic rings. The van der Waals surface area contributed by atoms with Crippen LogP contribution in [0, 0.1) is 0 Å². The Morgan fingerprint density at radius 2 is 1.67 bits per heavy atom. The highest BCUT2D eigenvalue weighted by Gasteiger charge is 2.17. The van der Waals surface area contributed by atoms with Gasteiger partial charge in [-0.15, -0.1) is 0 Å². The minimum absolute atomic E-state index is 0.0153. The first-order valence-electron chi connectivity index (χ1n) is 8.29. The number of hydrogen-bond acceptors (Lipinski definition) is 4. The number of hydrogen-bond donors (Lipinski definition) is 0. The molecule has 5 heteroatoms. The Kier molecular flexibility index (Phi) is 4.01. The normalized spacial score (nSPS) is 15.8. The van der Waals surface area contributed by atoms with Crippen molar-refractivity contribution in [1.82, 2.24) is 14.3 Å². The molecule has 0 spiro atoms. The lowest BCUT2D eigenvalue weighted by atomic mass is 10.2. The van der Waals surface area contributed by atoms with E-state index in [-0.39, 0.29) is 5.56 Å². The number of piperazine rings is 1. The van der Waals surface area contributed by atoms with E-state index >= 15 is 0 Å². The van der Waals surface area contributed by atoms with Gasteiger partial charge in [-0.1, -0.05) is 24.3 Å². The predicted molar refractivity (Wildman–Crippen MR) is 95.4 cm³/mol. The second kappa shape index (κ2) is 6.45. The average Bonchev–Trinajstić information content (AvgIpc) is 2.63. The van der Waals surface area contributed by atoms with E-state index in [4.69, 9.17) is 0 Å². The second-order valence-electron chi connectivity index (χ2n) is 6.11. The van der Waals surface area contributed by atoms with Gasteiger partial charge in [0.1, 0.15) is 5.65 Å². The lowest BCUT2D eigenvalue weighted by Crippen LogP contribution is -2.46. The molecule has 2 aromatic heterocycles. The second-order valence-corrected chi connectivity index (χ2v) is 6.11. The smallest absolute Gasteiger partial charge is 0.258 e. The molecule has 0 saturated carbocycles. The lowest BCUT2D eigenvalue weighted by molar-refractivity contribution is 0.247. The van der Waals surface area contributed by atoms with Crippen molar-refractivity contribution in [3.63, 3.8) is 0 Å². The number of anilines is 1. The fraction of sp³-hybridized carbons (Fsp3) is 0.263. The van der Waals surface area contributed by atoms with Crippen molar-refractivity contribution < 1.29 is 0 Å². The van der Waals surface area contributed by atoms with Crippen LogP contribution in [0.1, 0.15) is 5.69 Å². The van der Waals surface area contributed by atoms with Crippen LogP contribution in [0.25, 0.3) is 5.65 Å². The van der Waals surface area contributed by atoms with Gasteiger partial charge < -0.3 is 4.90 Å². The molecule has 3 heterocycles. The lowest BCUT2D eigenvalue weighted by Gasteiger charge is -2.35. The zero-order valence-corrected chi connectivity index (χ0v) is 13.5. The van der Waals surface area contributed by atoms with Crippen molar-refractivity contribution in [2.24, 2.45) is 0 Å². The van der Waals surface area contributed by atoms with Gasteiger partial charge in [-0.2, -0.15) is 0 Å². The molecule has 0 aliphatic carbocycles. The molecule has 1 fully saturated rings. The van der Waals surface area contributed by atoms with Gasteiger partial charge in [-0.25, -0.2) is 4.98 Å². The van der Waals surface area contributed by atoms with Crippen LogP contribution in [-0.2, 0) is 6.54 Å². The molecule has 0 radical (unpaired) electrons. The molecule has 0 atom stereocenters. The number of rotatable bonds is 3. The fourth-order valence-corrected chi connectivity index (χ4v) is 3.22. The van der Waals surface area contributed by atoms with Gasteiger partial charge in [0.2, 0.25) is 0 Å². The van der Waals surface area contributed by atoms with Crippen molar-refractivity contribution in [3.05, 3.63) is 76.8 Å². The van der Waals surface area contributed by atoms with E-state index in [0.29, 0.717) is 5.65 Å². The van der Waals surface area contributed by atoms with E-state index in [1.807, 2.05) is 24.3 Å². The van der Waals surface area contributed by atoms with Crippen molar-refractivity contribution in [3.8, 4) is 0 Å². The van der Waals surface area contributed by atoms with E-state index < -0.39 is 0 Å². The van der Waals surface area contributed by atoms with Crippen LogP contribution >= 0.6 is 0 Å². The number of benzene rings is 1. The standard InChI is InChI=1S/C19H20N4O/c24-19-14-16(20-18-8-4-5-9-23(18)19)15-21-10-12-22(13-11-21)17-6-2-1-3-7-17/h1-9,14H,10-13,15H2. The van der Waals surface area contributed by atoms with Gasteiger partial charge in [0.05, 0.1) is 5.69 Å². The van der Waals surface area contributed by atoms with E-state index in [1.54, 1.807) is 16.7 Å². The van der Waals surface area contributed by atoms with Crippen LogP contribution in [0.3, 0.4) is 0 Å². The Morgan fingerprint density at radius 3 is 2.46 bits per heavy atom. The Labute approximate surface area is 140 Å². The minimum Gasteiger partial charge on any atom is -0.369 e. The summed E-state index contributed by atoms with van der Waals surface area (Å²) in [4.78, 5) is 21.6. The first kappa shape index (κ1) is 14.9. The molecule has 0 bridgehead atoms. The maximum atomic E-state index is 12.2. The Hall–Kier alpha value is -2.66. The summed E-state index contributed by atoms with van der Waals surface area (Å²) in [6.45, 7) is 4.67. The number of para-hydroxylation sites is 1. The van der Waals surface area contributed by atoms with Gasteiger partial charge in [-0.05, 0) is 24.3 Å². The molecule has 0 N–H and O–H groups in total. The third kappa shape index (κ3) is 3.03. The van der Waals surface area contributed by atoms with Crippen LogP contribution in [-0.4, -0.2) is 40.5 Å². The summed E-state index contributed by atoms with van der Waals surface area (Å²) in [5, 5.41) is 0. The molecule has 5 nitrogen and oxygen atoms in total. The van der Waals surface area contributed by atoms with Gasteiger partial charge >= 0.3 is 0 Å². The molecule has 0 amide bonds. The van der Waals surface area contributed by atoms with E-state index in [9.17, 15) is 4.79 Å². The first-order chi connectivity index (χ1) is 11.8. The van der Waals surface area contributed by atoms with Crippen LogP contribution in [0.2, 0.25) is 0 Å². The van der Waals surface area contributed by atoms with E-state index in [2.05, 4.69) is 39.0 Å². The molecule has 3 aromatic rings. The summed E-state index contributed by atoms with van der Waals surface area (Å²) in [6.07, 6.45) is 1.76. The molecule has 4 rings (SSSR count). The van der Waals surface area contributed by atoms with Crippen LogP contribution in [0.4, 0.5) is 5.69 Å². The molecule has 1 aliphatic heterocycles. The van der Waals surface area contributed by atoms with Crippen molar-refractivity contribution in [2.45, 2.75) is 6.54 Å². The maximum Gasteiger partial charge on any atom is 0.258 e. The third-order valence-corrected chi connectivity index (χ3v) is 4.50. The van der Waals surface area contributed by atoms with Gasteiger partial charge in [-0.3, -0.25) is 14.1 Å². The molecule has 1 aromatic carbocycles. The van der Waals surface area contributed by atoms with Crippen molar-refractivity contribution >= 4 is 11.3 Å². The quantitative estimate of drug-likeness (QED) is 0.740. The number of nitrogens with zero attached hydrogens (tertiary/aromatic N) is 4. The van der Waals surface area contributed by atoms with E-state index in [1.165, 1.54) is 5.69 Å². The first-order valence-corrected chi connectivity index (χ1v) is 8.29. The topological polar surface area (TPSA) is 40.9 Å². The zero-order chi connectivity index (χ0) is 16.4. The number of fused-ring (bicyclic) bond motifs is 1. The van der Waals surface area contributed by atoms with Gasteiger partial charge in [0.25, 0.3) is 5.56 Å². The van der Waals surface area contributed by atoms with Crippen molar-refractivity contribution in [2.75, 3.05) is 31.1 Å². The highest BCUT2D eigenvalue weighted by atomic mass is 16.1. The molecule has 122 valence electrons. The molecule has 0 unspecified atom stereocenters. The number of aromatic nitrogens is 2. The minimum atomic E-state index is -0.0153. The predicted octanol–water partition coefficient (Wildman–Crippen LogP) is 2.02. The summed E-state index contributed by atoms with van der Waals surface area (Å²) in [7, 11) is 0. The number of pyridine rings is 1. The monoisotopic (exact) mass is 320 g/mol. The van der Waals surface area contributed by atoms with E-state index in [0.717, 1.165) is 38.4 Å². The largest absolute Gasteiger partial charge is 0.369 e. The van der Waals surface area contributed by atoms with Crippen molar-refractivity contribution in [1.29, 1.82) is 0 Å². The van der Waals surface area contributed by atoms with Crippen LogP contribution in [0.15, 0.2) is 65.6 Å². The van der Waals surface area contributed by atoms with Gasteiger partial charge in [0, 0.05) is 50.7 Å². The summed E-state index contributed by atoms with van der Waals surface area (Å²) in [6, 6.07) is 17.8. The summed E-state index contributed by atoms with van der Waals surface area (Å²) >= 11 is 0. The van der Waals surface area contributed by atoms with Crippen LogP contribution in [0.5, 0.6) is 0 Å². The molecule has 24 heavy (non-hydrogen) atoms. The Bertz CT molecular complexity index is 883. The Morgan fingerprint density at radius 1 is 0.917 bits per heavy atom. The average molecular weight is 320 g/mol. The Balaban J connectivity index is 1.45. The zero-order valence-electron chi connectivity index (χ0n) is 13.5. The highest BCUT2D eigenvalue weighted by Crippen LogP contribution is 2.16. The summed E-state index contributed by atoms with van der Waals surface area (Å²) < 4.78 is 1.58. The highest BCUT2D eigenvalue weighted by molar-refractivity contribution is 5.46. The SMILES string of the molecule is O=c1cc(CN2CCN(c3ccccc3)CC2)nc2ccccn12. The van der Waals surface area contributed by atoms with Gasteiger partial charge in [0.15, 0.2) is 0 Å². The molecular weight excluding hydrogens is 300 g/mol. The summed E-state index contributed by atoms with van der Waals surface area (Å²) in [5.41, 5.74) is 2.82. The maximum absolute atomic E-state index is 12.2.